The fraction of sp³-hybridized carbons (Fsp3) is 0.263. The lowest BCUT2D eigenvalue weighted by atomic mass is 10.1. The van der Waals surface area contributed by atoms with E-state index in [-0.39, 0.29) is 4.47 Å². The lowest BCUT2D eigenvalue weighted by Gasteiger charge is -2.13. The highest BCUT2D eigenvalue weighted by molar-refractivity contribution is 9.10. The lowest BCUT2D eigenvalue weighted by Crippen LogP contribution is -2.30. The Labute approximate surface area is 174 Å². The van der Waals surface area contributed by atoms with Gasteiger partial charge in [0.05, 0.1) is 10.2 Å². The molecule has 2 aromatic carbocycles. The number of halogens is 4. The molecule has 0 aliphatic carbocycles. The Hall–Kier alpha value is -2.13. The minimum atomic E-state index is -4.48. The van der Waals surface area contributed by atoms with Gasteiger partial charge in [-0.05, 0) is 52.9 Å². The maximum absolute atomic E-state index is 12.9. The molecule has 3 aromatic rings. The van der Waals surface area contributed by atoms with E-state index in [0.717, 1.165) is 16.5 Å². The first-order chi connectivity index (χ1) is 13.3. The van der Waals surface area contributed by atoms with Crippen molar-refractivity contribution in [2.45, 2.75) is 26.1 Å². The van der Waals surface area contributed by atoms with E-state index in [2.05, 4.69) is 31.7 Å². The summed E-state index contributed by atoms with van der Waals surface area (Å²) in [5, 5.41) is 12.6. The van der Waals surface area contributed by atoms with Gasteiger partial charge in [0.25, 0.3) is 0 Å². The van der Waals surface area contributed by atoms with E-state index < -0.39 is 11.9 Å². The minimum absolute atomic E-state index is 0.0129. The second-order valence-electron chi connectivity index (χ2n) is 6.23. The van der Waals surface area contributed by atoms with Gasteiger partial charge in [-0.3, -0.25) is 4.68 Å². The molecule has 1 aromatic heterocycles. The van der Waals surface area contributed by atoms with Crippen LogP contribution in [0.3, 0.4) is 0 Å². The average Bonchev–Trinajstić information content (AvgIpc) is 2.94. The number of fused-ring (bicyclic) bond motifs is 1. The van der Waals surface area contributed by atoms with Crippen LogP contribution in [0.15, 0.2) is 46.9 Å². The third kappa shape index (κ3) is 4.64. The SMILES string of the molecule is Cc1c(Br)c(C(F)(F)F)nn1CCCNC(=S)Nc1cccc2ccccc12. The Morgan fingerprint density at radius 1 is 1.18 bits per heavy atom. The first-order valence-corrected chi connectivity index (χ1v) is 9.80. The molecule has 0 radical (unpaired) electrons. The molecule has 0 saturated heterocycles. The van der Waals surface area contributed by atoms with Crippen molar-refractivity contribution in [1.29, 1.82) is 0 Å². The second kappa shape index (κ2) is 8.48. The second-order valence-corrected chi connectivity index (χ2v) is 7.43. The number of aromatic nitrogens is 2. The van der Waals surface area contributed by atoms with Crippen LogP contribution in [0.4, 0.5) is 18.9 Å². The molecular weight excluding hydrogens is 453 g/mol. The first kappa shape index (κ1) is 20.6. The van der Waals surface area contributed by atoms with Crippen LogP contribution >= 0.6 is 28.1 Å². The topological polar surface area (TPSA) is 41.9 Å². The van der Waals surface area contributed by atoms with E-state index in [1.165, 1.54) is 4.68 Å². The van der Waals surface area contributed by atoms with Crippen molar-refractivity contribution >= 4 is 49.7 Å². The van der Waals surface area contributed by atoms with E-state index in [1.807, 2.05) is 42.5 Å². The summed E-state index contributed by atoms with van der Waals surface area (Å²) in [5.41, 5.74) is 0.451. The van der Waals surface area contributed by atoms with Gasteiger partial charge in [-0.15, -0.1) is 0 Å². The molecule has 0 amide bonds. The molecule has 0 unspecified atom stereocenters. The van der Waals surface area contributed by atoms with E-state index in [4.69, 9.17) is 12.2 Å². The molecule has 28 heavy (non-hydrogen) atoms. The third-order valence-corrected chi connectivity index (χ3v) is 5.47. The summed E-state index contributed by atoms with van der Waals surface area (Å²) in [6.07, 6.45) is -3.90. The summed E-state index contributed by atoms with van der Waals surface area (Å²) in [6, 6.07) is 13.9. The van der Waals surface area contributed by atoms with Crippen LogP contribution < -0.4 is 10.6 Å². The van der Waals surface area contributed by atoms with Crippen molar-refractivity contribution in [3.63, 3.8) is 0 Å². The van der Waals surface area contributed by atoms with Crippen molar-refractivity contribution in [1.82, 2.24) is 15.1 Å². The molecular formula is C19H18BrF3N4S. The van der Waals surface area contributed by atoms with Gasteiger partial charge >= 0.3 is 6.18 Å². The van der Waals surface area contributed by atoms with Gasteiger partial charge in [-0.1, -0.05) is 36.4 Å². The first-order valence-electron chi connectivity index (χ1n) is 8.60. The monoisotopic (exact) mass is 470 g/mol. The zero-order chi connectivity index (χ0) is 20.3. The predicted molar refractivity (Wildman–Crippen MR) is 112 cm³/mol. The molecule has 0 spiro atoms. The van der Waals surface area contributed by atoms with Gasteiger partial charge in [-0.2, -0.15) is 18.3 Å². The highest BCUT2D eigenvalue weighted by atomic mass is 79.9. The molecule has 0 bridgehead atoms. The Morgan fingerprint density at radius 2 is 1.89 bits per heavy atom. The maximum atomic E-state index is 12.9. The molecule has 0 aliphatic heterocycles. The fourth-order valence-corrected chi connectivity index (χ4v) is 3.58. The zero-order valence-corrected chi connectivity index (χ0v) is 17.4. The van der Waals surface area contributed by atoms with Crippen molar-refractivity contribution in [3.8, 4) is 0 Å². The Balaban J connectivity index is 1.54. The number of hydrogen-bond acceptors (Lipinski definition) is 2. The summed E-state index contributed by atoms with van der Waals surface area (Å²) in [5.74, 6) is 0. The molecule has 0 fully saturated rings. The molecule has 0 saturated carbocycles. The lowest BCUT2D eigenvalue weighted by molar-refractivity contribution is -0.142. The summed E-state index contributed by atoms with van der Waals surface area (Å²) in [6.45, 7) is 2.46. The molecule has 1 heterocycles. The molecule has 0 aliphatic rings. The van der Waals surface area contributed by atoms with Gasteiger partial charge in [0, 0.05) is 24.2 Å². The number of anilines is 1. The zero-order valence-electron chi connectivity index (χ0n) is 15.0. The molecule has 148 valence electrons. The van der Waals surface area contributed by atoms with Gasteiger partial charge in [0.15, 0.2) is 10.8 Å². The number of rotatable bonds is 5. The Morgan fingerprint density at radius 3 is 2.61 bits per heavy atom. The van der Waals surface area contributed by atoms with E-state index in [0.29, 0.717) is 30.3 Å². The van der Waals surface area contributed by atoms with Crippen molar-refractivity contribution < 1.29 is 13.2 Å². The van der Waals surface area contributed by atoms with Crippen LogP contribution in [0.25, 0.3) is 10.8 Å². The third-order valence-electron chi connectivity index (χ3n) is 4.27. The molecule has 9 heteroatoms. The number of hydrogen-bond donors (Lipinski definition) is 2. The number of nitrogens with one attached hydrogen (secondary N) is 2. The van der Waals surface area contributed by atoms with Crippen LogP contribution in [0.2, 0.25) is 0 Å². The maximum Gasteiger partial charge on any atom is 0.436 e. The van der Waals surface area contributed by atoms with Crippen LogP contribution in [-0.2, 0) is 12.7 Å². The van der Waals surface area contributed by atoms with Crippen molar-refractivity contribution in [2.75, 3.05) is 11.9 Å². The Bertz CT molecular complexity index is 995. The van der Waals surface area contributed by atoms with Crippen molar-refractivity contribution in [2.24, 2.45) is 0 Å². The number of aryl methyl sites for hydroxylation is 1. The molecule has 3 rings (SSSR count). The van der Waals surface area contributed by atoms with Gasteiger partial charge < -0.3 is 10.6 Å². The fourth-order valence-electron chi connectivity index (χ4n) is 2.85. The standard InChI is InChI=1S/C19H18BrF3N4S/c1-12-16(20)17(19(21,22)23)26-27(12)11-5-10-24-18(28)25-15-9-4-7-13-6-2-3-8-14(13)15/h2-4,6-9H,5,10-11H2,1H3,(H2,24,25,28). The molecule has 2 N–H and O–H groups in total. The van der Waals surface area contributed by atoms with Crippen LogP contribution in [0, 0.1) is 6.92 Å². The molecule has 4 nitrogen and oxygen atoms in total. The predicted octanol–water partition coefficient (Wildman–Crippen LogP) is 5.50. The van der Waals surface area contributed by atoms with E-state index >= 15 is 0 Å². The van der Waals surface area contributed by atoms with Crippen LogP contribution in [0.5, 0.6) is 0 Å². The van der Waals surface area contributed by atoms with Crippen LogP contribution in [-0.4, -0.2) is 21.4 Å². The number of thiocarbonyl (C=S) groups is 1. The molecule has 0 atom stereocenters. The van der Waals surface area contributed by atoms with Gasteiger partial charge in [0.2, 0.25) is 0 Å². The number of nitrogens with zero attached hydrogens (tertiary/aromatic N) is 2. The Kier molecular flexibility index (Phi) is 6.24. The summed E-state index contributed by atoms with van der Waals surface area (Å²) < 4.78 is 40.1. The number of benzene rings is 2. The quantitative estimate of drug-likeness (QED) is 0.381. The largest absolute Gasteiger partial charge is 0.436 e. The van der Waals surface area contributed by atoms with Gasteiger partial charge in [0.1, 0.15) is 0 Å². The van der Waals surface area contributed by atoms with E-state index in [1.54, 1.807) is 6.92 Å². The smallest absolute Gasteiger partial charge is 0.362 e. The highest BCUT2D eigenvalue weighted by Crippen LogP contribution is 2.35. The van der Waals surface area contributed by atoms with Crippen molar-refractivity contribution in [3.05, 3.63) is 58.3 Å². The number of alkyl halides is 3. The normalized spacial score (nSPS) is 11.6. The summed E-state index contributed by atoms with van der Waals surface area (Å²) in [7, 11) is 0. The summed E-state index contributed by atoms with van der Waals surface area (Å²) in [4.78, 5) is 0. The minimum Gasteiger partial charge on any atom is -0.362 e. The summed E-state index contributed by atoms with van der Waals surface area (Å²) >= 11 is 8.30. The van der Waals surface area contributed by atoms with Gasteiger partial charge in [-0.25, -0.2) is 0 Å². The van der Waals surface area contributed by atoms with E-state index in [9.17, 15) is 13.2 Å². The average molecular weight is 471 g/mol. The highest BCUT2D eigenvalue weighted by Gasteiger charge is 2.37. The van der Waals surface area contributed by atoms with Crippen LogP contribution in [0.1, 0.15) is 17.8 Å².